The molecule has 2 aromatic rings. The molecule has 0 radical (unpaired) electrons. The first-order valence-corrected chi connectivity index (χ1v) is 12.1. The molecule has 0 aliphatic carbocycles. The van der Waals surface area contributed by atoms with Crippen LogP contribution in [0.4, 0.5) is 13.2 Å². The summed E-state index contributed by atoms with van der Waals surface area (Å²) < 4.78 is 72.9. The number of carbonyl (C=O) groups excluding carboxylic acids is 1. The van der Waals surface area contributed by atoms with Gasteiger partial charge < -0.3 is 8.92 Å². The number of ether oxygens (including phenoxy) is 1. The van der Waals surface area contributed by atoms with E-state index in [9.17, 15) is 31.2 Å². The normalized spacial score (nSPS) is 18.5. The summed E-state index contributed by atoms with van der Waals surface area (Å²) in [5, 5.41) is 1.40. The van der Waals surface area contributed by atoms with Gasteiger partial charge in [0.15, 0.2) is 11.2 Å². The standard InChI is InChI=1S/C22H20ClF3N2O6S/c1-5-33-20(30)14-10-27-16(8-17(14)29)12-6-15(23)18(34-35(31,32)22(24,25)26)7-13(12)19-11(2)9-21(3,4)28(19)27/h6-8,10,19H,2,5,9H2,1,3-4H3/t19-/m1/s1. The second-order valence-electron chi connectivity index (χ2n) is 8.75. The van der Waals surface area contributed by atoms with Crippen LogP contribution in [0.2, 0.25) is 5.02 Å². The van der Waals surface area contributed by atoms with E-state index in [1.54, 1.807) is 11.6 Å². The second kappa shape index (κ2) is 8.02. The Morgan fingerprint density at radius 1 is 1.29 bits per heavy atom. The van der Waals surface area contributed by atoms with Crippen molar-refractivity contribution in [2.75, 3.05) is 11.6 Å². The zero-order chi connectivity index (χ0) is 26.1. The zero-order valence-electron chi connectivity index (χ0n) is 18.8. The predicted octanol–water partition coefficient (Wildman–Crippen LogP) is 4.31. The molecule has 2 aliphatic heterocycles. The number of alkyl halides is 3. The van der Waals surface area contributed by atoms with E-state index in [1.807, 2.05) is 18.9 Å². The summed E-state index contributed by atoms with van der Waals surface area (Å²) in [6, 6.07) is 2.89. The number of hydrogen-bond donors (Lipinski definition) is 0. The van der Waals surface area contributed by atoms with Crippen LogP contribution in [0, 0.1) is 0 Å². The van der Waals surface area contributed by atoms with Gasteiger partial charge in [0, 0.05) is 17.8 Å². The molecule has 35 heavy (non-hydrogen) atoms. The van der Waals surface area contributed by atoms with E-state index >= 15 is 0 Å². The van der Waals surface area contributed by atoms with E-state index in [0.717, 1.165) is 6.07 Å². The maximum Gasteiger partial charge on any atom is 0.534 e. The van der Waals surface area contributed by atoms with E-state index in [-0.39, 0.29) is 12.2 Å². The van der Waals surface area contributed by atoms with Crippen molar-refractivity contribution in [2.24, 2.45) is 0 Å². The molecule has 1 fully saturated rings. The SMILES string of the molecule is C=C1CC(C)(C)N2[C@H]1c1cc(OS(=O)(=O)C(F)(F)F)c(Cl)cc1-c1cc(=O)c(C(=O)OCC)cn12. The van der Waals surface area contributed by atoms with Crippen LogP contribution in [0.1, 0.15) is 49.2 Å². The van der Waals surface area contributed by atoms with Gasteiger partial charge in [0.25, 0.3) is 0 Å². The highest BCUT2D eigenvalue weighted by molar-refractivity contribution is 7.88. The van der Waals surface area contributed by atoms with E-state index in [4.69, 9.17) is 16.3 Å². The van der Waals surface area contributed by atoms with Crippen LogP contribution in [0.5, 0.6) is 5.75 Å². The van der Waals surface area contributed by atoms with Gasteiger partial charge in [0.2, 0.25) is 0 Å². The lowest BCUT2D eigenvalue weighted by molar-refractivity contribution is -0.0500. The third-order valence-corrected chi connectivity index (χ3v) is 7.09. The third-order valence-electron chi connectivity index (χ3n) is 5.83. The van der Waals surface area contributed by atoms with Gasteiger partial charge in [-0.25, -0.2) is 4.79 Å². The van der Waals surface area contributed by atoms with E-state index in [1.165, 1.54) is 18.3 Å². The highest BCUT2D eigenvalue weighted by Gasteiger charge is 2.50. The molecule has 4 rings (SSSR count). The average molecular weight is 533 g/mol. The lowest BCUT2D eigenvalue weighted by Gasteiger charge is -2.44. The lowest BCUT2D eigenvalue weighted by Crippen LogP contribution is -2.50. The van der Waals surface area contributed by atoms with Crippen molar-refractivity contribution in [3.05, 3.63) is 62.9 Å². The number of halogens is 4. The molecule has 0 amide bonds. The Morgan fingerprint density at radius 3 is 2.54 bits per heavy atom. The summed E-state index contributed by atoms with van der Waals surface area (Å²) in [4.78, 5) is 25.1. The van der Waals surface area contributed by atoms with Gasteiger partial charge in [0.1, 0.15) is 5.56 Å². The molecular weight excluding hydrogens is 513 g/mol. The molecule has 2 aliphatic rings. The molecule has 0 saturated carbocycles. The Hall–Kier alpha value is -2.99. The zero-order valence-corrected chi connectivity index (χ0v) is 20.3. The summed E-state index contributed by atoms with van der Waals surface area (Å²) in [6.45, 7) is 9.54. The second-order valence-corrected chi connectivity index (χ2v) is 10.7. The van der Waals surface area contributed by atoms with Crippen molar-refractivity contribution in [2.45, 2.75) is 44.3 Å². The van der Waals surface area contributed by atoms with Crippen LogP contribution in [0.25, 0.3) is 11.3 Å². The number of esters is 1. The topological polar surface area (TPSA) is 94.9 Å². The molecule has 1 atom stereocenters. The van der Waals surface area contributed by atoms with Crippen molar-refractivity contribution in [3.63, 3.8) is 0 Å². The number of carbonyl (C=O) groups is 1. The maximum absolute atomic E-state index is 12.9. The van der Waals surface area contributed by atoms with E-state index in [0.29, 0.717) is 28.8 Å². The van der Waals surface area contributed by atoms with Crippen LogP contribution in [-0.2, 0) is 14.9 Å². The lowest BCUT2D eigenvalue weighted by atomic mass is 9.92. The number of fused-ring (bicyclic) bond motifs is 6. The van der Waals surface area contributed by atoms with Gasteiger partial charge in [-0.15, -0.1) is 0 Å². The number of rotatable bonds is 4. The van der Waals surface area contributed by atoms with Crippen molar-refractivity contribution < 1.29 is 35.3 Å². The first-order chi connectivity index (χ1) is 16.1. The summed E-state index contributed by atoms with van der Waals surface area (Å²) in [5.41, 5.74) is -5.43. The summed E-state index contributed by atoms with van der Waals surface area (Å²) in [7, 11) is -5.97. The van der Waals surface area contributed by atoms with Crippen molar-refractivity contribution in [1.82, 2.24) is 4.68 Å². The number of hydrogen-bond acceptors (Lipinski definition) is 7. The van der Waals surface area contributed by atoms with Gasteiger partial charge in [-0.05, 0) is 50.5 Å². The molecule has 8 nitrogen and oxygen atoms in total. The smallest absolute Gasteiger partial charge is 0.462 e. The van der Waals surface area contributed by atoms with Gasteiger partial charge in [-0.3, -0.25) is 14.5 Å². The quantitative estimate of drug-likeness (QED) is 0.251. The van der Waals surface area contributed by atoms with Gasteiger partial charge in [-0.2, -0.15) is 21.6 Å². The highest BCUT2D eigenvalue weighted by atomic mass is 35.5. The van der Waals surface area contributed by atoms with Gasteiger partial charge in [-0.1, -0.05) is 18.2 Å². The number of pyridine rings is 1. The molecule has 1 aromatic heterocycles. The average Bonchev–Trinajstić information content (AvgIpc) is 2.96. The van der Waals surface area contributed by atoms with Crippen LogP contribution in [0.3, 0.4) is 0 Å². The minimum Gasteiger partial charge on any atom is -0.462 e. The monoisotopic (exact) mass is 532 g/mol. The van der Waals surface area contributed by atoms with Crippen molar-refractivity contribution in [1.29, 1.82) is 0 Å². The molecule has 13 heteroatoms. The predicted molar refractivity (Wildman–Crippen MR) is 122 cm³/mol. The summed E-state index contributed by atoms with van der Waals surface area (Å²) in [6.07, 6.45) is 1.80. The number of benzene rings is 1. The largest absolute Gasteiger partial charge is 0.534 e. The highest BCUT2D eigenvalue weighted by Crippen LogP contribution is 2.52. The van der Waals surface area contributed by atoms with Crippen LogP contribution >= 0.6 is 11.6 Å². The summed E-state index contributed by atoms with van der Waals surface area (Å²) in [5.74, 6) is -1.51. The molecule has 3 heterocycles. The fourth-order valence-electron chi connectivity index (χ4n) is 4.54. The number of nitrogens with zero attached hydrogens (tertiary/aromatic N) is 2. The minimum absolute atomic E-state index is 0.0662. The van der Waals surface area contributed by atoms with Crippen LogP contribution in [0.15, 0.2) is 41.3 Å². The maximum atomic E-state index is 12.9. The van der Waals surface area contributed by atoms with Crippen molar-refractivity contribution >= 4 is 27.7 Å². The molecule has 0 unspecified atom stereocenters. The minimum atomic E-state index is -5.97. The van der Waals surface area contributed by atoms with Crippen LogP contribution < -0.4 is 14.6 Å². The molecule has 0 N–H and O–H groups in total. The molecule has 1 saturated heterocycles. The van der Waals surface area contributed by atoms with Crippen molar-refractivity contribution in [3.8, 4) is 17.0 Å². The fourth-order valence-corrected chi connectivity index (χ4v) is 5.25. The Kier molecular flexibility index (Phi) is 5.75. The first kappa shape index (κ1) is 25.1. The Labute approximate surface area is 203 Å². The molecule has 1 aromatic carbocycles. The Bertz CT molecular complexity index is 1430. The van der Waals surface area contributed by atoms with Gasteiger partial charge >= 0.3 is 21.6 Å². The number of aromatic nitrogens is 1. The van der Waals surface area contributed by atoms with Gasteiger partial charge in [0.05, 0.1) is 28.9 Å². The van der Waals surface area contributed by atoms with E-state index < -0.39 is 49.4 Å². The molecule has 0 spiro atoms. The Balaban J connectivity index is 1.98. The molecule has 0 bridgehead atoms. The molecule has 188 valence electrons. The fraction of sp³-hybridized carbons (Fsp3) is 0.364. The Morgan fingerprint density at radius 2 is 1.94 bits per heavy atom. The first-order valence-electron chi connectivity index (χ1n) is 10.3. The summed E-state index contributed by atoms with van der Waals surface area (Å²) >= 11 is 6.13. The molecular formula is C22H20ClF3N2O6S. The van der Waals surface area contributed by atoms with Crippen LogP contribution in [-0.4, -0.2) is 36.7 Å². The van der Waals surface area contributed by atoms with E-state index in [2.05, 4.69) is 10.8 Å². The third kappa shape index (κ3) is 3.98.